The van der Waals surface area contributed by atoms with Crippen LogP contribution in [0.5, 0.6) is 0 Å². The Balaban J connectivity index is 4.06. The van der Waals surface area contributed by atoms with Crippen LogP contribution in [-0.4, -0.2) is 23.2 Å². The third-order valence-electron chi connectivity index (χ3n) is 2.25. The van der Waals surface area contributed by atoms with Crippen molar-refractivity contribution < 1.29 is 14.3 Å². The van der Waals surface area contributed by atoms with Gasteiger partial charge in [0.05, 0.1) is 6.10 Å². The average Bonchev–Trinajstić information content (AvgIpc) is 2.15. The minimum absolute atomic E-state index is 0.0931. The number of ketones is 1. The van der Waals surface area contributed by atoms with Crippen LogP contribution in [0, 0.1) is 5.92 Å². The largest absolute Gasteiger partial charge is 0.462 e. The number of hydrogen-bond acceptors (Lipinski definition) is 3. The van der Waals surface area contributed by atoms with Crippen molar-refractivity contribution in [1.29, 1.82) is 0 Å². The molecule has 3 nitrogen and oxygen atoms in total. The molecule has 0 aliphatic carbocycles. The molecule has 16 heavy (non-hydrogen) atoms. The van der Waals surface area contributed by atoms with Crippen molar-refractivity contribution in [1.82, 2.24) is 0 Å². The molecule has 0 aromatic heterocycles. The summed E-state index contributed by atoms with van der Waals surface area (Å²) in [6, 6.07) is 0. The van der Waals surface area contributed by atoms with Gasteiger partial charge in [0.15, 0.2) is 0 Å². The van der Waals surface area contributed by atoms with Crippen LogP contribution >= 0.6 is 15.9 Å². The number of rotatable bonds is 8. The fraction of sp³-hybridized carbons (Fsp3) is 0.833. The number of alkyl halides is 1. The molecule has 1 atom stereocenters. The number of hydrogen-bond donors (Lipinski definition) is 0. The van der Waals surface area contributed by atoms with Gasteiger partial charge in [-0.2, -0.15) is 0 Å². The van der Waals surface area contributed by atoms with E-state index < -0.39 is 5.92 Å². The van der Waals surface area contributed by atoms with E-state index in [0.29, 0.717) is 6.42 Å². The lowest BCUT2D eigenvalue weighted by Crippen LogP contribution is -2.26. The molecule has 94 valence electrons. The van der Waals surface area contributed by atoms with Gasteiger partial charge in [0.25, 0.3) is 0 Å². The van der Waals surface area contributed by atoms with Gasteiger partial charge in [0.2, 0.25) is 0 Å². The highest BCUT2D eigenvalue weighted by molar-refractivity contribution is 9.09. The number of esters is 1. The van der Waals surface area contributed by atoms with E-state index in [1.54, 1.807) is 13.8 Å². The summed E-state index contributed by atoms with van der Waals surface area (Å²) in [6.45, 7) is 5.04. The summed E-state index contributed by atoms with van der Waals surface area (Å²) in [5.74, 6) is -1.04. The molecule has 0 aromatic carbocycles. The fourth-order valence-corrected chi connectivity index (χ4v) is 1.82. The molecule has 4 heteroatoms. The molecule has 0 spiro atoms. The quantitative estimate of drug-likeness (QED) is 0.299. The van der Waals surface area contributed by atoms with Crippen molar-refractivity contribution in [2.75, 3.05) is 5.33 Å². The first-order valence-electron chi connectivity index (χ1n) is 5.76. The minimum Gasteiger partial charge on any atom is -0.462 e. The Labute approximate surface area is 106 Å². The Kier molecular flexibility index (Phi) is 8.53. The summed E-state index contributed by atoms with van der Waals surface area (Å²) in [4.78, 5) is 22.9. The second-order valence-corrected chi connectivity index (χ2v) is 4.98. The van der Waals surface area contributed by atoms with Crippen LogP contribution in [0.2, 0.25) is 0 Å². The zero-order valence-electron chi connectivity index (χ0n) is 10.3. The lowest BCUT2D eigenvalue weighted by Gasteiger charge is -2.15. The van der Waals surface area contributed by atoms with Crippen LogP contribution < -0.4 is 0 Å². The lowest BCUT2D eigenvalue weighted by molar-refractivity contribution is -0.155. The molecule has 1 unspecified atom stereocenters. The average molecular weight is 293 g/mol. The van der Waals surface area contributed by atoms with E-state index in [1.807, 2.05) is 0 Å². The molecule has 0 aliphatic rings. The van der Waals surface area contributed by atoms with Gasteiger partial charge >= 0.3 is 5.97 Å². The maximum atomic E-state index is 11.6. The zero-order chi connectivity index (χ0) is 12.6. The van der Waals surface area contributed by atoms with Crippen molar-refractivity contribution >= 4 is 27.7 Å². The van der Waals surface area contributed by atoms with Gasteiger partial charge in [0, 0.05) is 5.33 Å². The molecule has 0 N–H and O–H groups in total. The van der Waals surface area contributed by atoms with Gasteiger partial charge in [-0.3, -0.25) is 9.59 Å². The number of carbonyl (C=O) groups excluding carboxylic acids is 2. The summed E-state index contributed by atoms with van der Waals surface area (Å²) in [5.41, 5.74) is 0. The third-order valence-corrected chi connectivity index (χ3v) is 2.81. The van der Waals surface area contributed by atoms with Gasteiger partial charge < -0.3 is 4.74 Å². The van der Waals surface area contributed by atoms with Crippen molar-refractivity contribution in [3.63, 3.8) is 0 Å². The Morgan fingerprint density at radius 1 is 1.19 bits per heavy atom. The highest BCUT2D eigenvalue weighted by atomic mass is 79.9. The molecule has 0 rings (SSSR count). The molecule has 0 amide bonds. The smallest absolute Gasteiger partial charge is 0.316 e. The van der Waals surface area contributed by atoms with Crippen LogP contribution in [0.3, 0.4) is 0 Å². The number of Topliss-reactive ketones (excluding diaryl/α,β-unsaturated/α-hetero) is 1. The molecular weight excluding hydrogens is 272 g/mol. The highest BCUT2D eigenvalue weighted by Crippen LogP contribution is 2.14. The summed E-state index contributed by atoms with van der Waals surface area (Å²) in [6.07, 6.45) is 3.45. The van der Waals surface area contributed by atoms with Crippen LogP contribution in [0.1, 0.15) is 46.5 Å². The van der Waals surface area contributed by atoms with Crippen molar-refractivity contribution in [3.05, 3.63) is 0 Å². The van der Waals surface area contributed by atoms with E-state index in [0.717, 1.165) is 24.6 Å². The molecule has 0 saturated heterocycles. The predicted molar refractivity (Wildman–Crippen MR) is 67.7 cm³/mol. The monoisotopic (exact) mass is 292 g/mol. The molecule has 0 bridgehead atoms. The second-order valence-electron chi connectivity index (χ2n) is 4.19. The molecule has 0 radical (unpaired) electrons. The second kappa shape index (κ2) is 8.74. The molecular formula is C12H21BrO3. The van der Waals surface area contributed by atoms with E-state index in [2.05, 4.69) is 15.9 Å². The van der Waals surface area contributed by atoms with E-state index in [4.69, 9.17) is 4.74 Å². The lowest BCUT2D eigenvalue weighted by atomic mass is 9.98. The van der Waals surface area contributed by atoms with Crippen molar-refractivity contribution in [2.24, 2.45) is 5.92 Å². The number of halogens is 1. The maximum Gasteiger partial charge on any atom is 0.316 e. The standard InChI is InChI=1S/C12H21BrO3/c1-9(2)16-12(15)11(10(3)14)7-5-4-6-8-13/h9,11H,4-8H2,1-3H3. The Bertz CT molecular complexity index is 226. The van der Waals surface area contributed by atoms with E-state index in [-0.39, 0.29) is 17.9 Å². The summed E-state index contributed by atoms with van der Waals surface area (Å²) < 4.78 is 5.06. The summed E-state index contributed by atoms with van der Waals surface area (Å²) >= 11 is 3.35. The first-order valence-corrected chi connectivity index (χ1v) is 6.88. The third kappa shape index (κ3) is 6.99. The summed E-state index contributed by atoms with van der Waals surface area (Å²) in [7, 11) is 0. The van der Waals surface area contributed by atoms with E-state index >= 15 is 0 Å². The van der Waals surface area contributed by atoms with Crippen LogP contribution in [0.4, 0.5) is 0 Å². The minimum atomic E-state index is -0.572. The van der Waals surface area contributed by atoms with Gasteiger partial charge in [-0.1, -0.05) is 28.8 Å². The predicted octanol–water partition coefficient (Wildman–Crippen LogP) is 3.10. The Hall–Kier alpha value is -0.380. The fourth-order valence-electron chi connectivity index (χ4n) is 1.42. The van der Waals surface area contributed by atoms with E-state index in [1.165, 1.54) is 6.92 Å². The van der Waals surface area contributed by atoms with Crippen LogP contribution in [-0.2, 0) is 14.3 Å². The number of unbranched alkanes of at least 4 members (excludes halogenated alkanes) is 2. The number of carbonyl (C=O) groups is 2. The van der Waals surface area contributed by atoms with Gasteiger partial charge in [-0.05, 0) is 33.6 Å². The molecule has 0 aromatic rings. The normalized spacial score (nSPS) is 12.6. The first kappa shape index (κ1) is 15.6. The van der Waals surface area contributed by atoms with Crippen molar-refractivity contribution in [2.45, 2.75) is 52.6 Å². The molecule has 0 fully saturated rings. The highest BCUT2D eigenvalue weighted by Gasteiger charge is 2.24. The van der Waals surface area contributed by atoms with Crippen LogP contribution in [0.25, 0.3) is 0 Å². The van der Waals surface area contributed by atoms with Gasteiger partial charge in [-0.15, -0.1) is 0 Å². The Morgan fingerprint density at radius 2 is 1.81 bits per heavy atom. The molecule has 0 saturated carbocycles. The van der Waals surface area contributed by atoms with E-state index in [9.17, 15) is 9.59 Å². The summed E-state index contributed by atoms with van der Waals surface area (Å²) in [5, 5.41) is 0.966. The first-order chi connectivity index (χ1) is 7.49. The zero-order valence-corrected chi connectivity index (χ0v) is 11.9. The Morgan fingerprint density at radius 3 is 2.25 bits per heavy atom. The molecule has 0 aliphatic heterocycles. The molecule has 0 heterocycles. The van der Waals surface area contributed by atoms with Gasteiger partial charge in [-0.25, -0.2) is 0 Å². The maximum absolute atomic E-state index is 11.6. The van der Waals surface area contributed by atoms with Crippen LogP contribution in [0.15, 0.2) is 0 Å². The van der Waals surface area contributed by atoms with Crippen molar-refractivity contribution in [3.8, 4) is 0 Å². The number of ether oxygens (including phenoxy) is 1. The topological polar surface area (TPSA) is 43.4 Å². The SMILES string of the molecule is CC(=O)C(CCCCCBr)C(=O)OC(C)C. The van der Waals surface area contributed by atoms with Gasteiger partial charge in [0.1, 0.15) is 11.7 Å².